The van der Waals surface area contributed by atoms with E-state index in [0.29, 0.717) is 16.2 Å². The zero-order valence-electron chi connectivity index (χ0n) is 14.2. The van der Waals surface area contributed by atoms with Gasteiger partial charge in [-0.15, -0.1) is 0 Å². The SMILES string of the molecule is COc1cccc(/C(C)=C2\SC(=S)N(C(CCC(N)=O)C(=O)O)C2=O)c1. The van der Waals surface area contributed by atoms with Crippen molar-refractivity contribution in [3.8, 4) is 5.75 Å². The Bertz CT molecular complexity index is 806. The molecule has 26 heavy (non-hydrogen) atoms. The van der Waals surface area contributed by atoms with Gasteiger partial charge in [-0.3, -0.25) is 14.5 Å². The molecule has 1 unspecified atom stereocenters. The number of rotatable bonds is 7. The van der Waals surface area contributed by atoms with Gasteiger partial charge < -0.3 is 15.6 Å². The summed E-state index contributed by atoms with van der Waals surface area (Å²) in [6, 6.07) is 5.96. The van der Waals surface area contributed by atoms with E-state index in [0.717, 1.165) is 22.2 Å². The summed E-state index contributed by atoms with van der Waals surface area (Å²) in [5.41, 5.74) is 6.53. The van der Waals surface area contributed by atoms with Crippen LogP contribution in [-0.2, 0) is 14.4 Å². The molecule has 7 nitrogen and oxygen atoms in total. The maximum absolute atomic E-state index is 12.8. The number of hydrogen-bond acceptors (Lipinski definition) is 6. The van der Waals surface area contributed by atoms with Gasteiger partial charge in [0, 0.05) is 6.42 Å². The van der Waals surface area contributed by atoms with Gasteiger partial charge in [-0.25, -0.2) is 4.79 Å². The van der Waals surface area contributed by atoms with E-state index >= 15 is 0 Å². The Hall–Kier alpha value is -2.39. The smallest absolute Gasteiger partial charge is 0.326 e. The van der Waals surface area contributed by atoms with E-state index in [-0.39, 0.29) is 17.2 Å². The second kappa shape index (κ2) is 8.33. The summed E-state index contributed by atoms with van der Waals surface area (Å²) in [5, 5.41) is 9.44. The van der Waals surface area contributed by atoms with Gasteiger partial charge in [-0.2, -0.15) is 0 Å². The molecule has 1 aliphatic heterocycles. The molecule has 1 heterocycles. The van der Waals surface area contributed by atoms with Crippen LogP contribution in [0.5, 0.6) is 5.75 Å². The Balaban J connectivity index is 2.36. The topological polar surface area (TPSA) is 110 Å². The number of nitrogens with zero attached hydrogens (tertiary/aromatic N) is 1. The lowest BCUT2D eigenvalue weighted by Gasteiger charge is -2.22. The third kappa shape index (κ3) is 4.23. The van der Waals surface area contributed by atoms with E-state index in [1.807, 2.05) is 6.07 Å². The molecule has 2 rings (SSSR count). The average Bonchev–Trinajstić information content (AvgIpc) is 2.89. The van der Waals surface area contributed by atoms with Crippen molar-refractivity contribution in [3.05, 3.63) is 34.7 Å². The van der Waals surface area contributed by atoms with E-state index in [1.54, 1.807) is 32.2 Å². The van der Waals surface area contributed by atoms with E-state index in [1.165, 1.54) is 0 Å². The minimum Gasteiger partial charge on any atom is -0.497 e. The minimum atomic E-state index is -1.23. The Morgan fingerprint density at radius 2 is 2.12 bits per heavy atom. The molecule has 0 spiro atoms. The molecule has 1 aromatic carbocycles. The van der Waals surface area contributed by atoms with E-state index in [4.69, 9.17) is 22.7 Å². The molecular weight excluding hydrogens is 376 g/mol. The van der Waals surface area contributed by atoms with Crippen molar-refractivity contribution < 1.29 is 24.2 Å². The van der Waals surface area contributed by atoms with Crippen LogP contribution in [0.1, 0.15) is 25.3 Å². The molecular formula is C17H18N2O5S2. The number of carboxylic acids is 1. The molecule has 1 aromatic rings. The first-order chi connectivity index (χ1) is 12.3. The summed E-state index contributed by atoms with van der Waals surface area (Å²) in [6.45, 7) is 1.76. The summed E-state index contributed by atoms with van der Waals surface area (Å²) in [5.74, 6) is -1.72. The number of methoxy groups -OCH3 is 1. The summed E-state index contributed by atoms with van der Waals surface area (Å²) in [7, 11) is 1.55. The molecule has 0 aliphatic carbocycles. The highest BCUT2D eigenvalue weighted by Crippen LogP contribution is 2.38. The summed E-state index contributed by atoms with van der Waals surface area (Å²) in [6.07, 6.45) is -0.246. The van der Waals surface area contributed by atoms with Crippen LogP contribution in [0.3, 0.4) is 0 Å². The van der Waals surface area contributed by atoms with Gasteiger partial charge in [-0.1, -0.05) is 36.1 Å². The van der Waals surface area contributed by atoms with Crippen molar-refractivity contribution in [3.63, 3.8) is 0 Å². The second-order valence-electron chi connectivity index (χ2n) is 5.59. The Kier molecular flexibility index (Phi) is 6.38. The van der Waals surface area contributed by atoms with Crippen LogP contribution >= 0.6 is 24.0 Å². The maximum atomic E-state index is 12.8. The predicted octanol–water partition coefficient (Wildman–Crippen LogP) is 2.01. The van der Waals surface area contributed by atoms with Crippen molar-refractivity contribution in [1.29, 1.82) is 0 Å². The number of aliphatic carboxylic acids is 1. The summed E-state index contributed by atoms with van der Waals surface area (Å²) in [4.78, 5) is 36.8. The Labute approximate surface area is 160 Å². The highest BCUT2D eigenvalue weighted by molar-refractivity contribution is 8.26. The van der Waals surface area contributed by atoms with E-state index in [2.05, 4.69) is 0 Å². The number of nitrogens with two attached hydrogens (primary N) is 1. The van der Waals surface area contributed by atoms with Crippen molar-refractivity contribution in [2.24, 2.45) is 5.73 Å². The average molecular weight is 394 g/mol. The number of thiocarbonyl (C=S) groups is 1. The van der Waals surface area contributed by atoms with Crippen LogP contribution in [0.2, 0.25) is 0 Å². The highest BCUT2D eigenvalue weighted by Gasteiger charge is 2.41. The van der Waals surface area contributed by atoms with Crippen molar-refractivity contribution in [2.75, 3.05) is 7.11 Å². The highest BCUT2D eigenvalue weighted by atomic mass is 32.2. The van der Waals surface area contributed by atoms with Crippen molar-refractivity contribution >= 4 is 51.7 Å². The third-order valence-electron chi connectivity index (χ3n) is 3.90. The molecule has 2 amide bonds. The fourth-order valence-electron chi connectivity index (χ4n) is 2.51. The number of carbonyl (C=O) groups is 3. The number of thioether (sulfide) groups is 1. The molecule has 3 N–H and O–H groups in total. The number of carbonyl (C=O) groups excluding carboxylic acids is 2. The van der Waals surface area contributed by atoms with E-state index < -0.39 is 23.8 Å². The summed E-state index contributed by atoms with van der Waals surface area (Å²) < 4.78 is 5.33. The number of amides is 2. The van der Waals surface area contributed by atoms with Crippen LogP contribution in [0.4, 0.5) is 0 Å². The molecule has 1 saturated heterocycles. The number of primary amides is 1. The molecule has 1 fully saturated rings. The standard InChI is InChI=1S/C17H18N2O5S2/c1-9(10-4-3-5-11(8-10)24-2)14-15(21)19(17(25)26-14)12(16(22)23)6-7-13(18)20/h3-5,8,12H,6-7H2,1-2H3,(H2,18,20)(H,22,23)/b14-9-. The number of ether oxygens (including phenoxy) is 1. The molecule has 0 saturated carbocycles. The lowest BCUT2D eigenvalue weighted by Crippen LogP contribution is -2.44. The number of benzene rings is 1. The van der Waals surface area contributed by atoms with E-state index in [9.17, 15) is 19.5 Å². The summed E-state index contributed by atoms with van der Waals surface area (Å²) >= 11 is 6.26. The molecule has 1 atom stereocenters. The van der Waals surface area contributed by atoms with Crippen LogP contribution in [-0.4, -0.2) is 45.3 Å². The largest absolute Gasteiger partial charge is 0.497 e. The van der Waals surface area contributed by atoms with Gasteiger partial charge in [0.15, 0.2) is 0 Å². The van der Waals surface area contributed by atoms with Gasteiger partial charge in [0.1, 0.15) is 16.1 Å². The molecule has 0 bridgehead atoms. The van der Waals surface area contributed by atoms with Crippen LogP contribution in [0.25, 0.3) is 5.57 Å². The lowest BCUT2D eigenvalue weighted by molar-refractivity contribution is -0.145. The molecule has 138 valence electrons. The normalized spacial score (nSPS) is 17.2. The quantitative estimate of drug-likeness (QED) is 0.538. The van der Waals surface area contributed by atoms with Gasteiger partial charge in [0.2, 0.25) is 5.91 Å². The molecule has 9 heteroatoms. The van der Waals surface area contributed by atoms with Gasteiger partial charge >= 0.3 is 5.97 Å². The number of carboxylic acid groups (broad SMARTS) is 1. The Morgan fingerprint density at radius 3 is 2.69 bits per heavy atom. The minimum absolute atomic E-state index is 0.0946. The van der Waals surface area contributed by atoms with Gasteiger partial charge in [-0.05, 0) is 36.6 Å². The van der Waals surface area contributed by atoms with Crippen LogP contribution < -0.4 is 10.5 Å². The molecule has 1 aliphatic rings. The maximum Gasteiger partial charge on any atom is 0.326 e. The predicted molar refractivity (Wildman–Crippen MR) is 102 cm³/mol. The zero-order chi connectivity index (χ0) is 19.4. The zero-order valence-corrected chi connectivity index (χ0v) is 15.9. The number of allylic oxidation sites excluding steroid dienone is 1. The molecule has 0 radical (unpaired) electrons. The fourth-order valence-corrected chi connectivity index (χ4v) is 3.91. The number of hydrogen-bond donors (Lipinski definition) is 2. The Morgan fingerprint density at radius 1 is 1.42 bits per heavy atom. The third-order valence-corrected chi connectivity index (χ3v) is 5.41. The monoisotopic (exact) mass is 394 g/mol. The first-order valence-corrected chi connectivity index (χ1v) is 8.90. The first kappa shape index (κ1) is 19.9. The van der Waals surface area contributed by atoms with Crippen molar-refractivity contribution in [1.82, 2.24) is 4.90 Å². The van der Waals surface area contributed by atoms with Gasteiger partial charge in [0.25, 0.3) is 5.91 Å². The van der Waals surface area contributed by atoms with Crippen LogP contribution in [0.15, 0.2) is 29.2 Å². The van der Waals surface area contributed by atoms with Crippen molar-refractivity contribution in [2.45, 2.75) is 25.8 Å². The fraction of sp³-hybridized carbons (Fsp3) is 0.294. The second-order valence-corrected chi connectivity index (χ2v) is 7.23. The van der Waals surface area contributed by atoms with Crippen LogP contribution in [0, 0.1) is 0 Å². The van der Waals surface area contributed by atoms with Gasteiger partial charge in [0.05, 0.1) is 12.0 Å². The first-order valence-electron chi connectivity index (χ1n) is 7.68. The molecule has 0 aromatic heterocycles. The lowest BCUT2D eigenvalue weighted by atomic mass is 10.1.